The highest BCUT2D eigenvalue weighted by molar-refractivity contribution is 7.80. The van der Waals surface area contributed by atoms with E-state index < -0.39 is 23.8 Å². The first-order valence-electron chi connectivity index (χ1n) is 14.1. The fourth-order valence-electron chi connectivity index (χ4n) is 5.17. The van der Waals surface area contributed by atoms with Gasteiger partial charge in [0.1, 0.15) is 11.8 Å². The zero-order chi connectivity index (χ0) is 30.3. The van der Waals surface area contributed by atoms with E-state index in [1.165, 1.54) is 17.0 Å². The van der Waals surface area contributed by atoms with Crippen molar-refractivity contribution in [3.05, 3.63) is 53.6 Å². The number of hydrogen-bond acceptors (Lipinski definition) is 9. The van der Waals surface area contributed by atoms with E-state index in [0.29, 0.717) is 26.3 Å². The number of ether oxygens (including phenoxy) is 3. The zero-order valence-electron chi connectivity index (χ0n) is 23.8. The smallest absolute Gasteiger partial charge is 0.414 e. The molecule has 43 heavy (non-hydrogen) atoms. The maximum Gasteiger partial charge on any atom is 0.414 e. The monoisotopic (exact) mass is 619 g/mol. The number of nitrogens with one attached hydrogen (secondary N) is 3. The minimum absolute atomic E-state index is 0.0486. The molecule has 3 fully saturated rings. The first kappa shape index (κ1) is 30.5. The van der Waals surface area contributed by atoms with E-state index in [-0.39, 0.29) is 55.3 Å². The topological polar surface area (TPSA) is 111 Å². The Labute approximate surface area is 253 Å². The number of urea groups is 1. The molecule has 0 radical (unpaired) electrons. The van der Waals surface area contributed by atoms with Gasteiger partial charge in [0.05, 0.1) is 45.6 Å². The largest absolute Gasteiger partial charge is 0.474 e. The standard InChI is InChI=1S/C28H35F2N7O5S/c1-40-27(43)32-17-22-18-36(28(39)42-22)21-14-23(29)25(24(30)15-21)35-7-6-33-37(9-8-35)26(38)31-16-19-2-4-20(5-3-19)34-10-12-41-13-11-34/h2-5,14-15,22,33H,6-13,16-18H2,1H3,(H,31,38)(H,32,43)/t22-/m0/s1. The van der Waals surface area contributed by atoms with Crippen LogP contribution in [0, 0.1) is 11.6 Å². The van der Waals surface area contributed by atoms with Crippen LogP contribution in [0.25, 0.3) is 0 Å². The number of methoxy groups -OCH3 is 1. The van der Waals surface area contributed by atoms with Gasteiger partial charge in [-0.3, -0.25) is 9.91 Å². The van der Waals surface area contributed by atoms with Gasteiger partial charge in [0.25, 0.3) is 5.17 Å². The van der Waals surface area contributed by atoms with Gasteiger partial charge in [-0.2, -0.15) is 0 Å². The molecule has 232 valence electrons. The third-order valence-electron chi connectivity index (χ3n) is 7.44. The van der Waals surface area contributed by atoms with Crippen molar-refractivity contribution in [2.45, 2.75) is 12.6 Å². The highest BCUT2D eigenvalue weighted by Gasteiger charge is 2.34. The van der Waals surface area contributed by atoms with Crippen molar-refractivity contribution in [2.24, 2.45) is 0 Å². The summed E-state index contributed by atoms with van der Waals surface area (Å²) in [6.45, 7) is 4.69. The zero-order valence-corrected chi connectivity index (χ0v) is 24.6. The highest BCUT2D eigenvalue weighted by atomic mass is 32.1. The SMILES string of the molecule is COC(=S)NC[C@H]1CN(c2cc(F)c(N3CCNN(C(=O)NCc4ccc(N5CCOCC5)cc4)CC3)c(F)c2)C(=O)O1. The lowest BCUT2D eigenvalue weighted by atomic mass is 10.2. The van der Waals surface area contributed by atoms with E-state index in [9.17, 15) is 9.59 Å². The van der Waals surface area contributed by atoms with Gasteiger partial charge < -0.3 is 34.6 Å². The summed E-state index contributed by atoms with van der Waals surface area (Å²) in [7, 11) is 1.41. The lowest BCUT2D eigenvalue weighted by Gasteiger charge is -2.29. The number of cyclic esters (lactones) is 1. The molecule has 0 bridgehead atoms. The number of hydrogen-bond donors (Lipinski definition) is 3. The number of carbonyl (C=O) groups excluding carboxylic acids is 2. The summed E-state index contributed by atoms with van der Waals surface area (Å²) in [4.78, 5) is 30.2. The average Bonchev–Trinajstić information content (AvgIpc) is 3.22. The van der Waals surface area contributed by atoms with Gasteiger partial charge in [0.15, 0.2) is 11.6 Å². The van der Waals surface area contributed by atoms with Gasteiger partial charge in [-0.15, -0.1) is 0 Å². The van der Waals surface area contributed by atoms with Crippen molar-refractivity contribution >= 4 is 46.6 Å². The Morgan fingerprint density at radius 1 is 1.02 bits per heavy atom. The van der Waals surface area contributed by atoms with E-state index in [2.05, 4.69) is 21.0 Å². The summed E-state index contributed by atoms with van der Waals surface area (Å²) in [6, 6.07) is 9.92. The van der Waals surface area contributed by atoms with Crippen molar-refractivity contribution in [3.63, 3.8) is 0 Å². The molecule has 3 N–H and O–H groups in total. The molecule has 15 heteroatoms. The second kappa shape index (κ2) is 14.0. The molecular formula is C28H35F2N7O5S. The molecule has 0 saturated carbocycles. The molecule has 3 aliphatic rings. The lowest BCUT2D eigenvalue weighted by molar-refractivity contribution is 0.122. The van der Waals surface area contributed by atoms with Crippen LogP contribution >= 0.6 is 12.2 Å². The number of morpholine rings is 1. The number of carbonyl (C=O) groups is 2. The van der Waals surface area contributed by atoms with Gasteiger partial charge in [-0.05, 0) is 29.9 Å². The highest BCUT2D eigenvalue weighted by Crippen LogP contribution is 2.31. The number of benzene rings is 2. The van der Waals surface area contributed by atoms with Gasteiger partial charge in [-0.25, -0.2) is 23.8 Å². The number of halogens is 2. The Morgan fingerprint density at radius 2 is 1.74 bits per heavy atom. The first-order valence-corrected chi connectivity index (χ1v) is 14.5. The number of amides is 3. The second-order valence-electron chi connectivity index (χ2n) is 10.2. The van der Waals surface area contributed by atoms with Crippen LogP contribution in [0.15, 0.2) is 36.4 Å². The normalized spacial score (nSPS) is 19.1. The maximum absolute atomic E-state index is 15.3. The molecule has 0 spiro atoms. The van der Waals surface area contributed by atoms with Gasteiger partial charge in [0.2, 0.25) is 0 Å². The summed E-state index contributed by atoms with van der Waals surface area (Å²) in [5.41, 5.74) is 4.92. The molecule has 0 unspecified atom stereocenters. The summed E-state index contributed by atoms with van der Waals surface area (Å²) in [5, 5.41) is 7.25. The second-order valence-corrected chi connectivity index (χ2v) is 10.6. The summed E-state index contributed by atoms with van der Waals surface area (Å²) in [5.74, 6) is -1.63. The predicted octanol–water partition coefficient (Wildman–Crippen LogP) is 2.18. The quantitative estimate of drug-likeness (QED) is 0.399. The van der Waals surface area contributed by atoms with E-state index in [1.54, 1.807) is 4.90 Å². The Hall–Kier alpha value is -3.95. The Morgan fingerprint density at radius 3 is 2.44 bits per heavy atom. The molecule has 0 aromatic heterocycles. The van der Waals surface area contributed by atoms with Crippen LogP contribution in [0.2, 0.25) is 0 Å². The predicted molar refractivity (Wildman–Crippen MR) is 160 cm³/mol. The van der Waals surface area contributed by atoms with Crippen LogP contribution in [0.1, 0.15) is 5.56 Å². The van der Waals surface area contributed by atoms with E-state index >= 15 is 8.78 Å². The van der Waals surface area contributed by atoms with Crippen molar-refractivity contribution in [2.75, 3.05) is 87.4 Å². The van der Waals surface area contributed by atoms with Crippen LogP contribution in [0.4, 0.5) is 35.4 Å². The van der Waals surface area contributed by atoms with Crippen LogP contribution in [0.3, 0.4) is 0 Å². The molecule has 12 nitrogen and oxygen atoms in total. The molecule has 0 aliphatic carbocycles. The minimum Gasteiger partial charge on any atom is -0.474 e. The van der Waals surface area contributed by atoms with Crippen LogP contribution in [0.5, 0.6) is 0 Å². The Kier molecular flexibility index (Phi) is 9.94. The number of hydrazine groups is 1. The average molecular weight is 620 g/mol. The summed E-state index contributed by atoms with van der Waals surface area (Å²) in [6.07, 6.45) is -1.29. The lowest BCUT2D eigenvalue weighted by Crippen LogP contribution is -2.48. The van der Waals surface area contributed by atoms with Crippen molar-refractivity contribution in [3.8, 4) is 0 Å². The van der Waals surface area contributed by atoms with Crippen molar-refractivity contribution in [1.82, 2.24) is 21.1 Å². The molecule has 1 atom stereocenters. The van der Waals surface area contributed by atoms with Crippen LogP contribution in [-0.4, -0.2) is 101 Å². The third-order valence-corrected chi connectivity index (χ3v) is 7.75. The number of thiocarbonyl (C=S) groups is 1. The fraction of sp³-hybridized carbons (Fsp3) is 0.464. The molecule has 3 heterocycles. The molecule has 2 aromatic carbocycles. The molecule has 5 rings (SSSR count). The Balaban J connectivity index is 1.14. The van der Waals surface area contributed by atoms with E-state index in [0.717, 1.165) is 36.5 Å². The third kappa shape index (κ3) is 7.53. The van der Waals surface area contributed by atoms with Crippen molar-refractivity contribution in [1.29, 1.82) is 0 Å². The number of rotatable bonds is 7. The van der Waals surface area contributed by atoms with Gasteiger partial charge in [0, 0.05) is 57.1 Å². The maximum atomic E-state index is 15.3. The molecular weight excluding hydrogens is 584 g/mol. The first-order chi connectivity index (χ1) is 20.8. The van der Waals surface area contributed by atoms with Crippen LogP contribution in [-0.2, 0) is 20.8 Å². The molecule has 3 aliphatic heterocycles. The number of anilines is 3. The summed E-state index contributed by atoms with van der Waals surface area (Å²) < 4.78 is 46.1. The van der Waals surface area contributed by atoms with Gasteiger partial charge in [-0.1, -0.05) is 12.1 Å². The summed E-state index contributed by atoms with van der Waals surface area (Å²) >= 11 is 4.91. The minimum atomic E-state index is -0.816. The van der Waals surface area contributed by atoms with E-state index in [4.69, 9.17) is 26.4 Å². The van der Waals surface area contributed by atoms with Gasteiger partial charge >= 0.3 is 12.1 Å². The molecule has 3 saturated heterocycles. The van der Waals surface area contributed by atoms with Crippen molar-refractivity contribution < 1.29 is 32.6 Å². The fourth-order valence-corrected chi connectivity index (χ4v) is 5.25. The molecule has 3 amide bonds. The number of nitrogens with zero attached hydrogens (tertiary/aromatic N) is 4. The Bertz CT molecular complexity index is 1290. The molecule has 2 aromatic rings. The van der Waals surface area contributed by atoms with E-state index in [1.807, 2.05) is 24.3 Å². The van der Waals surface area contributed by atoms with Crippen LogP contribution < -0.4 is 30.8 Å².